The van der Waals surface area contributed by atoms with Gasteiger partial charge in [-0.1, -0.05) is 413 Å². The highest BCUT2D eigenvalue weighted by atomic mass is 16.3. The van der Waals surface area contributed by atoms with Gasteiger partial charge in [0.1, 0.15) is 33.5 Å². The molecule has 12 nitrogen and oxygen atoms in total. The fourth-order valence-electron chi connectivity index (χ4n) is 18.3. The Labute approximate surface area is 763 Å². The average Bonchev–Trinajstić information content (AvgIpc) is 1.61. The van der Waals surface area contributed by atoms with E-state index in [1.165, 1.54) is 33.0 Å². The molecule has 26 aromatic rings. The van der Waals surface area contributed by atoms with E-state index in [2.05, 4.69) is 297 Å². The Morgan fingerprint density at radius 1 is 0.120 bits per heavy atom. The van der Waals surface area contributed by atoms with Crippen molar-refractivity contribution in [1.82, 2.24) is 44.9 Å². The molecule has 0 saturated carbocycles. The third-order valence-electron chi connectivity index (χ3n) is 24.8. The summed E-state index contributed by atoms with van der Waals surface area (Å²) in [5.74, 6) is 5.59. The average molecular weight is 1700 g/mol. The van der Waals surface area contributed by atoms with Crippen LogP contribution in [0.15, 0.2) is 468 Å². The second-order valence-electron chi connectivity index (χ2n) is 32.9. The summed E-state index contributed by atoms with van der Waals surface area (Å²) in [5, 5.41) is 15.6. The van der Waals surface area contributed by atoms with Gasteiger partial charge in [-0.25, -0.2) is 44.9 Å². The first-order valence-electron chi connectivity index (χ1n) is 44.4. The second-order valence-corrected chi connectivity index (χ2v) is 32.9. The molecule has 622 valence electrons. The molecule has 0 amide bonds. The predicted molar refractivity (Wildman–Crippen MR) is 542 cm³/mol. The molecule has 0 unspecified atom stereocenters. The van der Waals surface area contributed by atoms with Crippen molar-refractivity contribution in [2.24, 2.45) is 0 Å². The van der Waals surface area contributed by atoms with Gasteiger partial charge in [0, 0.05) is 82.4 Å². The lowest BCUT2D eigenvalue weighted by Gasteiger charge is -2.10. The first kappa shape index (κ1) is 78.4. The maximum atomic E-state index is 6.37. The van der Waals surface area contributed by atoms with Crippen LogP contribution in [0, 0.1) is 0 Å². The number of hydrogen-bond acceptors (Lipinski definition) is 12. The van der Waals surface area contributed by atoms with E-state index in [-0.39, 0.29) is 0 Å². The number of benzene rings is 20. The fraction of sp³-hybridized carbons (Fsp3) is 0. The first-order valence-corrected chi connectivity index (χ1v) is 44.4. The van der Waals surface area contributed by atoms with Crippen LogP contribution in [-0.2, 0) is 0 Å². The second kappa shape index (κ2) is 33.9. The molecule has 0 fully saturated rings. The predicted octanol–water partition coefficient (Wildman–Crippen LogP) is 31.6. The van der Waals surface area contributed by atoms with Gasteiger partial charge in [-0.05, 0) is 130 Å². The van der Waals surface area contributed by atoms with E-state index in [0.29, 0.717) is 52.4 Å². The van der Waals surface area contributed by atoms with Gasteiger partial charge in [0.2, 0.25) is 0 Å². The Morgan fingerprint density at radius 2 is 0.323 bits per heavy atom. The summed E-state index contributed by atoms with van der Waals surface area (Å²) in [5.41, 5.74) is 22.6. The molecular formula is C121H75N9O3. The van der Waals surface area contributed by atoms with Gasteiger partial charge in [-0.2, -0.15) is 0 Å². The summed E-state index contributed by atoms with van der Waals surface area (Å²) in [6.07, 6.45) is 0. The number of furan rings is 3. The van der Waals surface area contributed by atoms with Crippen molar-refractivity contribution in [2.45, 2.75) is 0 Å². The molecule has 0 aliphatic carbocycles. The molecule has 6 aromatic heterocycles. The Morgan fingerprint density at radius 3 is 0.624 bits per heavy atom. The van der Waals surface area contributed by atoms with Crippen molar-refractivity contribution in [3.05, 3.63) is 455 Å². The van der Waals surface area contributed by atoms with Crippen molar-refractivity contribution in [2.75, 3.05) is 0 Å². The highest BCUT2D eigenvalue weighted by molar-refractivity contribution is 6.25. The summed E-state index contributed by atoms with van der Waals surface area (Å²) in [6, 6.07) is 156. The van der Waals surface area contributed by atoms with Crippen molar-refractivity contribution in [3.8, 4) is 147 Å². The Bertz CT molecular complexity index is 8900. The Kier molecular flexibility index (Phi) is 20.0. The van der Waals surface area contributed by atoms with Crippen molar-refractivity contribution in [1.29, 1.82) is 0 Å². The Hall–Kier alpha value is -18.1. The summed E-state index contributed by atoms with van der Waals surface area (Å²) in [4.78, 5) is 45.3. The quantitative estimate of drug-likeness (QED) is 0.108. The molecular weight excluding hydrogens is 1630 g/mol. The van der Waals surface area contributed by atoms with E-state index in [1.807, 2.05) is 158 Å². The highest BCUT2D eigenvalue weighted by Crippen LogP contribution is 2.45. The minimum Gasteiger partial charge on any atom is -0.456 e. The molecule has 0 spiro atoms. The molecule has 0 atom stereocenters. The van der Waals surface area contributed by atoms with Gasteiger partial charge >= 0.3 is 0 Å². The van der Waals surface area contributed by atoms with Crippen molar-refractivity contribution in [3.63, 3.8) is 0 Å². The maximum absolute atomic E-state index is 6.37. The highest BCUT2D eigenvalue weighted by Gasteiger charge is 2.25. The first-order chi connectivity index (χ1) is 65.9. The molecule has 0 saturated heterocycles. The zero-order chi connectivity index (χ0) is 88.1. The van der Waals surface area contributed by atoms with Gasteiger partial charge in [0.15, 0.2) is 52.4 Å². The van der Waals surface area contributed by atoms with Crippen LogP contribution in [0.1, 0.15) is 0 Å². The van der Waals surface area contributed by atoms with Crippen LogP contribution in [0.25, 0.3) is 256 Å². The van der Waals surface area contributed by atoms with Gasteiger partial charge < -0.3 is 13.3 Å². The number of nitrogens with zero attached hydrogens (tertiary/aromatic N) is 9. The van der Waals surface area contributed by atoms with E-state index in [0.717, 1.165) is 170 Å². The lowest BCUT2D eigenvalue weighted by molar-refractivity contribution is 0.669. The van der Waals surface area contributed by atoms with Crippen LogP contribution >= 0.6 is 0 Å². The molecule has 0 aliphatic heterocycles. The topological polar surface area (TPSA) is 155 Å². The summed E-state index contributed by atoms with van der Waals surface area (Å²) >= 11 is 0. The van der Waals surface area contributed by atoms with E-state index < -0.39 is 0 Å². The molecule has 20 aromatic carbocycles. The number of aromatic nitrogens is 9. The van der Waals surface area contributed by atoms with Crippen LogP contribution in [0.5, 0.6) is 0 Å². The van der Waals surface area contributed by atoms with Gasteiger partial charge in [-0.15, -0.1) is 0 Å². The van der Waals surface area contributed by atoms with Crippen LogP contribution in [0.3, 0.4) is 0 Å². The minimum atomic E-state index is 0.607. The lowest BCUT2D eigenvalue weighted by atomic mass is 9.99. The van der Waals surface area contributed by atoms with Gasteiger partial charge in [-0.3, -0.25) is 0 Å². The van der Waals surface area contributed by atoms with E-state index in [4.69, 9.17) is 58.1 Å². The maximum Gasteiger partial charge on any atom is 0.164 e. The third-order valence-corrected chi connectivity index (χ3v) is 24.8. The van der Waals surface area contributed by atoms with E-state index >= 15 is 0 Å². The standard InChI is InChI=1S/C43H27N3O.C41H25N3O.C37H23N3O/c1-3-10-28(11-4-1)29-18-20-30(21-19-29)31-22-24-34(25-23-31)42-44-41(33-13-5-2-6-14-33)45-43(46-42)36-16-9-17-37-40(36)39-35-15-8-7-12-32(35)26-27-38(39)47-37;1-2-11-29(12-3-1)39-42-40(30-20-17-27(18-21-30)32-22-19-26-9-4-5-13-31(26)25-32)44-41(43-39)34-15-8-16-35-38(34)37-33-14-7-6-10-28(33)23-24-36(37)45-35;1-3-10-24(11-4-1)25-18-20-28(21-19-25)36-38-35(27-13-5-2-6-14-27)39-37(40-36)30-16-9-17-31-34(30)33-29-15-8-7-12-26(29)22-23-32(33)41-31/h1-27H;1-25H;1-23H. The van der Waals surface area contributed by atoms with E-state index in [1.54, 1.807) is 0 Å². The molecule has 0 aliphatic rings. The largest absolute Gasteiger partial charge is 0.456 e. The molecule has 0 N–H and O–H groups in total. The smallest absolute Gasteiger partial charge is 0.164 e. The Balaban J connectivity index is 0.000000110. The minimum absolute atomic E-state index is 0.607. The monoisotopic (exact) mass is 1700 g/mol. The third kappa shape index (κ3) is 15.0. The molecule has 0 bridgehead atoms. The lowest BCUT2D eigenvalue weighted by Crippen LogP contribution is -2.00. The van der Waals surface area contributed by atoms with Gasteiger partial charge in [0.05, 0.1) is 0 Å². The number of rotatable bonds is 13. The summed E-state index contributed by atoms with van der Waals surface area (Å²) in [6.45, 7) is 0. The zero-order valence-electron chi connectivity index (χ0n) is 71.6. The molecule has 26 rings (SSSR count). The summed E-state index contributed by atoms with van der Waals surface area (Å²) in [7, 11) is 0. The summed E-state index contributed by atoms with van der Waals surface area (Å²) < 4.78 is 19.1. The van der Waals surface area contributed by atoms with E-state index in [9.17, 15) is 0 Å². The number of fused-ring (bicyclic) bond motifs is 16. The van der Waals surface area contributed by atoms with Crippen LogP contribution in [0.2, 0.25) is 0 Å². The normalized spacial score (nSPS) is 11.5. The van der Waals surface area contributed by atoms with Crippen LogP contribution < -0.4 is 0 Å². The van der Waals surface area contributed by atoms with Crippen LogP contribution in [-0.4, -0.2) is 44.9 Å². The molecule has 6 heterocycles. The van der Waals surface area contributed by atoms with Crippen molar-refractivity contribution >= 4 is 109 Å². The molecule has 12 heteroatoms. The zero-order valence-corrected chi connectivity index (χ0v) is 71.6. The molecule has 133 heavy (non-hydrogen) atoms. The van der Waals surface area contributed by atoms with Crippen molar-refractivity contribution < 1.29 is 13.3 Å². The van der Waals surface area contributed by atoms with Crippen LogP contribution in [0.4, 0.5) is 0 Å². The number of hydrogen-bond donors (Lipinski definition) is 0. The SMILES string of the molecule is c1ccc(-c2ccc(-c3ccc(-c4nc(-c5ccccc5)nc(-c5cccc6oc7ccc8ccccc8c7c56)n4)cc3)cc2)cc1.c1ccc(-c2ccc(-c3nc(-c4ccccc4)nc(-c4cccc5oc6ccc7ccccc7c6c45)n3)cc2)cc1.c1ccc(-c2nc(-c3ccc(-c4ccc5ccccc5c4)cc3)nc(-c3cccc4oc5ccc6ccccc6c5c34)n2)cc1. The molecule has 0 radical (unpaired) electrons. The fourth-order valence-corrected chi connectivity index (χ4v) is 18.3. The van der Waals surface area contributed by atoms with Gasteiger partial charge in [0.25, 0.3) is 0 Å².